The molecule has 0 heterocycles. The molecule has 0 aliphatic heterocycles. The van der Waals surface area contributed by atoms with Crippen molar-refractivity contribution in [3.63, 3.8) is 0 Å². The molecule has 222 valence electrons. The van der Waals surface area contributed by atoms with E-state index in [4.69, 9.17) is 15.2 Å². The summed E-state index contributed by atoms with van der Waals surface area (Å²) in [6.45, 7) is 11.0. The van der Waals surface area contributed by atoms with Crippen molar-refractivity contribution in [3.05, 3.63) is 59.2 Å². The summed E-state index contributed by atoms with van der Waals surface area (Å²) in [6.07, 6.45) is -0.274. The second-order valence-corrected chi connectivity index (χ2v) is 11.8. The van der Waals surface area contributed by atoms with Gasteiger partial charge in [0.2, 0.25) is 11.8 Å². The molecule has 0 saturated heterocycles. The lowest BCUT2D eigenvalue weighted by Gasteiger charge is -2.35. The topological polar surface area (TPSA) is 140 Å². The Morgan fingerprint density at radius 3 is 2.12 bits per heavy atom. The molecule has 1 saturated carbocycles. The minimum absolute atomic E-state index is 0.0370. The van der Waals surface area contributed by atoms with Crippen LogP contribution in [0.4, 0.5) is 10.5 Å². The molecule has 1 aliphatic carbocycles. The molecule has 41 heavy (non-hydrogen) atoms. The maximum atomic E-state index is 14.3. The van der Waals surface area contributed by atoms with Gasteiger partial charge in [0.15, 0.2) is 0 Å². The van der Waals surface area contributed by atoms with Crippen LogP contribution in [-0.2, 0) is 19.1 Å². The van der Waals surface area contributed by atoms with E-state index in [1.807, 2.05) is 39.0 Å². The lowest BCUT2D eigenvalue weighted by Crippen LogP contribution is -2.53. The second kappa shape index (κ2) is 13.1. The number of amides is 4. The normalized spacial score (nSPS) is 17.5. The summed E-state index contributed by atoms with van der Waals surface area (Å²) in [5.41, 5.74) is 7.67. The summed E-state index contributed by atoms with van der Waals surface area (Å²) in [4.78, 5) is 54.3. The van der Waals surface area contributed by atoms with Crippen molar-refractivity contribution in [2.45, 2.75) is 84.5 Å². The number of primary amides is 1. The third kappa shape index (κ3) is 8.96. The molecule has 1 fully saturated rings. The van der Waals surface area contributed by atoms with Gasteiger partial charge in [-0.2, -0.15) is 0 Å². The van der Waals surface area contributed by atoms with E-state index in [-0.39, 0.29) is 24.8 Å². The lowest BCUT2D eigenvalue weighted by molar-refractivity contribution is -0.142. The largest absolute Gasteiger partial charge is 0.497 e. The van der Waals surface area contributed by atoms with Gasteiger partial charge >= 0.3 is 6.09 Å². The number of nitrogens with two attached hydrogens (primary N) is 1. The zero-order valence-corrected chi connectivity index (χ0v) is 24.9. The predicted molar refractivity (Wildman–Crippen MR) is 156 cm³/mol. The number of hydrogen-bond donors (Lipinski definition) is 3. The lowest BCUT2D eigenvalue weighted by atomic mass is 9.97. The van der Waals surface area contributed by atoms with Crippen LogP contribution in [0.1, 0.15) is 69.7 Å². The summed E-state index contributed by atoms with van der Waals surface area (Å²) in [6, 6.07) is 10.3. The molecule has 2 aromatic rings. The molecule has 4 N–H and O–H groups in total. The van der Waals surface area contributed by atoms with Crippen LogP contribution in [0.25, 0.3) is 0 Å². The van der Waals surface area contributed by atoms with E-state index in [2.05, 4.69) is 10.6 Å². The van der Waals surface area contributed by atoms with Crippen LogP contribution in [-0.4, -0.2) is 53.5 Å². The number of carbonyl (C=O) groups excluding carboxylic acids is 4. The van der Waals surface area contributed by atoms with Gasteiger partial charge in [0.1, 0.15) is 23.4 Å². The van der Waals surface area contributed by atoms with Gasteiger partial charge in [-0.15, -0.1) is 0 Å². The van der Waals surface area contributed by atoms with Crippen LogP contribution in [0.2, 0.25) is 0 Å². The summed E-state index contributed by atoms with van der Waals surface area (Å²) in [5, 5.41) is 5.58. The van der Waals surface area contributed by atoms with E-state index in [9.17, 15) is 19.2 Å². The zero-order chi connectivity index (χ0) is 30.5. The van der Waals surface area contributed by atoms with Gasteiger partial charge in [-0.3, -0.25) is 14.4 Å². The van der Waals surface area contributed by atoms with Crippen LogP contribution in [0.15, 0.2) is 42.5 Å². The molecule has 0 spiro atoms. The van der Waals surface area contributed by atoms with Crippen molar-refractivity contribution in [2.24, 2.45) is 11.7 Å². The molecule has 3 rings (SSSR count). The number of nitrogens with one attached hydrogen (secondary N) is 2. The molecule has 2 aromatic carbocycles. The van der Waals surface area contributed by atoms with Crippen LogP contribution >= 0.6 is 0 Å². The first-order valence-electron chi connectivity index (χ1n) is 13.8. The third-order valence-electron chi connectivity index (χ3n) is 6.79. The molecular weight excluding hydrogens is 524 g/mol. The standard InChI is InChI=1S/C31H42N4O6/c1-18-14-19(2)16-21(15-18)27(28(37)33-22-8-10-23(40-7)11-9-22)35(25-17-20(25)3)29(38)24(12-13-26(32)36)34-30(39)41-31(4,5)6/h8-11,14-16,20,24-25,27H,12-13,17H2,1-7H3,(H2,32,36)(H,33,37)(H,34,39). The van der Waals surface area contributed by atoms with Gasteiger partial charge in [0.05, 0.1) is 7.11 Å². The highest BCUT2D eigenvalue weighted by Gasteiger charge is 2.48. The molecule has 0 bridgehead atoms. The first kappa shape index (κ1) is 31.4. The SMILES string of the molecule is COc1ccc(NC(=O)C(c2cc(C)cc(C)c2)N(C(=O)C(CCC(N)=O)NC(=O)OC(C)(C)C)C2CC2C)cc1. The Kier molecular flexibility index (Phi) is 10.0. The average Bonchev–Trinajstić information content (AvgIpc) is 3.58. The van der Waals surface area contributed by atoms with Crippen molar-refractivity contribution in [2.75, 3.05) is 12.4 Å². The molecule has 0 radical (unpaired) electrons. The number of rotatable bonds is 11. The Labute approximate surface area is 241 Å². The van der Waals surface area contributed by atoms with Crippen LogP contribution in [0.3, 0.4) is 0 Å². The fraction of sp³-hybridized carbons (Fsp3) is 0.484. The van der Waals surface area contributed by atoms with E-state index in [1.54, 1.807) is 57.0 Å². The van der Waals surface area contributed by atoms with Crippen LogP contribution in [0.5, 0.6) is 5.75 Å². The van der Waals surface area contributed by atoms with Crippen molar-refractivity contribution < 1.29 is 28.7 Å². The minimum Gasteiger partial charge on any atom is -0.497 e. The molecular formula is C31H42N4O6. The van der Waals surface area contributed by atoms with Crippen molar-refractivity contribution >= 4 is 29.5 Å². The smallest absolute Gasteiger partial charge is 0.408 e. The van der Waals surface area contributed by atoms with Crippen molar-refractivity contribution in [1.82, 2.24) is 10.2 Å². The quantitative estimate of drug-likeness (QED) is 0.369. The number of alkyl carbamates (subject to hydrolysis) is 1. The maximum Gasteiger partial charge on any atom is 0.408 e. The number of hydrogen-bond acceptors (Lipinski definition) is 6. The Bertz CT molecular complexity index is 1250. The number of methoxy groups -OCH3 is 1. The predicted octanol–water partition coefficient (Wildman–Crippen LogP) is 4.39. The van der Waals surface area contributed by atoms with E-state index in [0.717, 1.165) is 11.1 Å². The third-order valence-corrected chi connectivity index (χ3v) is 6.79. The van der Waals surface area contributed by atoms with Crippen molar-refractivity contribution in [3.8, 4) is 5.75 Å². The summed E-state index contributed by atoms with van der Waals surface area (Å²) >= 11 is 0. The van der Waals surface area contributed by atoms with Gasteiger partial charge in [-0.25, -0.2) is 4.79 Å². The summed E-state index contributed by atoms with van der Waals surface area (Å²) in [5.74, 6) is -0.718. The summed E-state index contributed by atoms with van der Waals surface area (Å²) in [7, 11) is 1.56. The Morgan fingerprint density at radius 2 is 1.63 bits per heavy atom. The Morgan fingerprint density at radius 1 is 1.05 bits per heavy atom. The first-order valence-corrected chi connectivity index (χ1v) is 13.8. The highest BCUT2D eigenvalue weighted by molar-refractivity contribution is 5.99. The highest BCUT2D eigenvalue weighted by Crippen LogP contribution is 2.41. The molecule has 4 unspecified atom stereocenters. The molecule has 1 aliphatic rings. The Balaban J connectivity index is 2.05. The van der Waals surface area contributed by atoms with Crippen LogP contribution < -0.4 is 21.1 Å². The zero-order valence-electron chi connectivity index (χ0n) is 24.9. The van der Waals surface area contributed by atoms with E-state index in [1.165, 1.54) is 0 Å². The molecule has 4 amide bonds. The van der Waals surface area contributed by atoms with Crippen molar-refractivity contribution in [1.29, 1.82) is 0 Å². The van der Waals surface area contributed by atoms with Gasteiger partial charge in [0, 0.05) is 18.2 Å². The fourth-order valence-electron chi connectivity index (χ4n) is 4.84. The van der Waals surface area contributed by atoms with Gasteiger partial charge in [-0.1, -0.05) is 36.2 Å². The van der Waals surface area contributed by atoms with Gasteiger partial charge in [0.25, 0.3) is 5.91 Å². The van der Waals surface area contributed by atoms with Crippen LogP contribution in [0, 0.1) is 19.8 Å². The molecule has 10 nitrogen and oxygen atoms in total. The number of anilines is 1. The number of ether oxygens (including phenoxy) is 2. The average molecular weight is 567 g/mol. The van der Waals surface area contributed by atoms with E-state index in [0.29, 0.717) is 23.4 Å². The highest BCUT2D eigenvalue weighted by atomic mass is 16.6. The van der Waals surface area contributed by atoms with E-state index < -0.39 is 41.5 Å². The maximum absolute atomic E-state index is 14.3. The second-order valence-electron chi connectivity index (χ2n) is 11.8. The first-order chi connectivity index (χ1) is 19.2. The molecule has 4 atom stereocenters. The monoisotopic (exact) mass is 566 g/mol. The van der Waals surface area contributed by atoms with E-state index >= 15 is 0 Å². The summed E-state index contributed by atoms with van der Waals surface area (Å²) < 4.78 is 10.6. The Hall–Kier alpha value is -4.08. The molecule has 10 heteroatoms. The molecule has 0 aromatic heterocycles. The number of benzene rings is 2. The number of aryl methyl sites for hydroxylation is 2. The number of nitrogens with zero attached hydrogens (tertiary/aromatic N) is 1. The van der Waals surface area contributed by atoms with Gasteiger partial charge in [-0.05, 0) is 83.2 Å². The minimum atomic E-state index is -1.13. The fourth-order valence-corrected chi connectivity index (χ4v) is 4.84. The number of carbonyl (C=O) groups is 4. The van der Waals surface area contributed by atoms with Gasteiger partial charge < -0.3 is 30.7 Å².